The van der Waals surface area contributed by atoms with Gasteiger partial charge in [0.15, 0.2) is 5.82 Å². The molecule has 0 amide bonds. The number of anilines is 1. The van der Waals surface area contributed by atoms with Crippen LogP contribution >= 0.6 is 0 Å². The standard InChI is InChI=1S/C21H19N5O2/c1-3-18-12-20(25(2)14-16-6-4-5-15(11-16)13-22)24-21(23-18)17-7-9-19(10-8-17)26(27)28/h4-12H,3,14H2,1-2H3. The number of hydrogen-bond acceptors (Lipinski definition) is 6. The van der Waals surface area contributed by atoms with Crippen LogP contribution in [0.4, 0.5) is 11.5 Å². The molecule has 0 unspecified atom stereocenters. The van der Waals surface area contributed by atoms with Crippen LogP contribution < -0.4 is 4.90 Å². The van der Waals surface area contributed by atoms with E-state index in [2.05, 4.69) is 16.0 Å². The molecule has 3 rings (SSSR count). The van der Waals surface area contributed by atoms with Crippen molar-refractivity contribution in [2.45, 2.75) is 19.9 Å². The highest BCUT2D eigenvalue weighted by Gasteiger charge is 2.12. The fourth-order valence-corrected chi connectivity index (χ4v) is 2.82. The van der Waals surface area contributed by atoms with Crippen molar-refractivity contribution in [3.05, 3.63) is 81.5 Å². The SMILES string of the molecule is CCc1cc(N(C)Cc2cccc(C#N)c2)nc(-c2ccc([N+](=O)[O-])cc2)n1. The molecule has 140 valence electrons. The molecule has 0 aliphatic rings. The third kappa shape index (κ3) is 4.30. The van der Waals surface area contributed by atoms with Crippen LogP contribution in [-0.4, -0.2) is 21.9 Å². The molecule has 0 bridgehead atoms. The minimum absolute atomic E-state index is 0.0325. The molecule has 2 aromatic carbocycles. The number of nitro groups is 1. The van der Waals surface area contributed by atoms with Crippen LogP contribution in [0, 0.1) is 21.4 Å². The highest BCUT2D eigenvalue weighted by Crippen LogP contribution is 2.23. The Labute approximate surface area is 163 Å². The molecule has 7 nitrogen and oxygen atoms in total. The highest BCUT2D eigenvalue weighted by molar-refractivity contribution is 5.60. The van der Waals surface area contributed by atoms with E-state index in [0.29, 0.717) is 17.9 Å². The van der Waals surface area contributed by atoms with Gasteiger partial charge in [0.05, 0.1) is 16.6 Å². The van der Waals surface area contributed by atoms with Crippen molar-refractivity contribution in [1.29, 1.82) is 5.26 Å². The number of aromatic nitrogens is 2. The molecule has 0 saturated carbocycles. The molecular formula is C21H19N5O2. The quantitative estimate of drug-likeness (QED) is 0.476. The van der Waals surface area contributed by atoms with E-state index in [4.69, 9.17) is 5.26 Å². The van der Waals surface area contributed by atoms with Gasteiger partial charge in [-0.3, -0.25) is 10.1 Å². The van der Waals surface area contributed by atoms with Crippen LogP contribution in [0.15, 0.2) is 54.6 Å². The maximum absolute atomic E-state index is 10.9. The second-order valence-corrected chi connectivity index (χ2v) is 6.37. The molecule has 0 N–H and O–H groups in total. The van der Waals surface area contributed by atoms with E-state index >= 15 is 0 Å². The van der Waals surface area contributed by atoms with Gasteiger partial charge in [-0.2, -0.15) is 5.26 Å². The van der Waals surface area contributed by atoms with Crippen LogP contribution in [-0.2, 0) is 13.0 Å². The van der Waals surface area contributed by atoms with Crippen molar-refractivity contribution in [2.75, 3.05) is 11.9 Å². The largest absolute Gasteiger partial charge is 0.355 e. The molecule has 0 fully saturated rings. The Morgan fingerprint density at radius 1 is 1.14 bits per heavy atom. The number of benzene rings is 2. The molecule has 1 heterocycles. The summed E-state index contributed by atoms with van der Waals surface area (Å²) in [5.41, 5.74) is 3.27. The summed E-state index contributed by atoms with van der Waals surface area (Å²) in [6.07, 6.45) is 0.743. The molecular weight excluding hydrogens is 354 g/mol. The van der Waals surface area contributed by atoms with E-state index in [9.17, 15) is 10.1 Å². The predicted octanol–water partition coefficient (Wildman–Crippen LogP) is 4.12. The molecule has 0 atom stereocenters. The Morgan fingerprint density at radius 3 is 2.54 bits per heavy atom. The number of hydrogen-bond donors (Lipinski definition) is 0. The molecule has 7 heteroatoms. The van der Waals surface area contributed by atoms with Gasteiger partial charge in [0, 0.05) is 43.0 Å². The molecule has 3 aromatic rings. The topological polar surface area (TPSA) is 96.0 Å². The van der Waals surface area contributed by atoms with E-state index in [1.807, 2.05) is 43.1 Å². The lowest BCUT2D eigenvalue weighted by atomic mass is 10.1. The van der Waals surface area contributed by atoms with Gasteiger partial charge in [-0.15, -0.1) is 0 Å². The Hall–Kier alpha value is -3.79. The monoisotopic (exact) mass is 373 g/mol. The predicted molar refractivity (Wildman–Crippen MR) is 107 cm³/mol. The van der Waals surface area contributed by atoms with E-state index in [1.165, 1.54) is 12.1 Å². The smallest absolute Gasteiger partial charge is 0.269 e. The summed E-state index contributed by atoms with van der Waals surface area (Å²) in [6, 6.07) is 17.8. The number of rotatable bonds is 6. The van der Waals surface area contributed by atoms with Gasteiger partial charge in [0.2, 0.25) is 0 Å². The van der Waals surface area contributed by atoms with Crippen molar-refractivity contribution in [2.24, 2.45) is 0 Å². The molecule has 0 aliphatic heterocycles. The normalized spacial score (nSPS) is 10.3. The summed E-state index contributed by atoms with van der Waals surface area (Å²) in [5.74, 6) is 1.28. The van der Waals surface area contributed by atoms with Crippen molar-refractivity contribution >= 4 is 11.5 Å². The van der Waals surface area contributed by atoms with Crippen LogP contribution in [0.1, 0.15) is 23.7 Å². The zero-order chi connectivity index (χ0) is 20.1. The minimum atomic E-state index is -0.429. The van der Waals surface area contributed by atoms with E-state index in [1.54, 1.807) is 18.2 Å². The lowest BCUT2D eigenvalue weighted by Crippen LogP contribution is -2.18. The van der Waals surface area contributed by atoms with Crippen molar-refractivity contribution in [3.63, 3.8) is 0 Å². The fourth-order valence-electron chi connectivity index (χ4n) is 2.82. The molecule has 0 saturated heterocycles. The third-order valence-electron chi connectivity index (χ3n) is 4.33. The van der Waals surface area contributed by atoms with E-state index < -0.39 is 4.92 Å². The van der Waals surface area contributed by atoms with Crippen LogP contribution in [0.3, 0.4) is 0 Å². The Balaban J connectivity index is 1.91. The molecule has 0 aliphatic carbocycles. The van der Waals surface area contributed by atoms with Crippen molar-refractivity contribution < 1.29 is 4.92 Å². The van der Waals surface area contributed by atoms with Crippen molar-refractivity contribution in [1.82, 2.24) is 9.97 Å². The van der Waals surface area contributed by atoms with Gasteiger partial charge in [-0.25, -0.2) is 9.97 Å². The van der Waals surface area contributed by atoms with Gasteiger partial charge >= 0.3 is 0 Å². The maximum Gasteiger partial charge on any atom is 0.269 e. The summed E-state index contributed by atoms with van der Waals surface area (Å²) in [5, 5.41) is 19.9. The fraction of sp³-hybridized carbons (Fsp3) is 0.190. The first-order valence-corrected chi connectivity index (χ1v) is 8.83. The van der Waals surface area contributed by atoms with Gasteiger partial charge in [-0.1, -0.05) is 19.1 Å². The van der Waals surface area contributed by atoms with Gasteiger partial charge < -0.3 is 4.90 Å². The number of aryl methyl sites for hydroxylation is 1. The Bertz CT molecular complexity index is 1040. The maximum atomic E-state index is 10.9. The number of nitriles is 1. The minimum Gasteiger partial charge on any atom is -0.355 e. The van der Waals surface area contributed by atoms with Crippen LogP contribution in [0.5, 0.6) is 0 Å². The van der Waals surface area contributed by atoms with E-state index in [0.717, 1.165) is 29.1 Å². The summed E-state index contributed by atoms with van der Waals surface area (Å²) in [4.78, 5) is 21.6. The first kappa shape index (κ1) is 19.0. The third-order valence-corrected chi connectivity index (χ3v) is 4.33. The summed E-state index contributed by atoms with van der Waals surface area (Å²) >= 11 is 0. The molecule has 28 heavy (non-hydrogen) atoms. The Morgan fingerprint density at radius 2 is 1.89 bits per heavy atom. The zero-order valence-corrected chi connectivity index (χ0v) is 15.7. The lowest BCUT2D eigenvalue weighted by Gasteiger charge is -2.20. The second kappa shape index (κ2) is 8.27. The lowest BCUT2D eigenvalue weighted by molar-refractivity contribution is -0.384. The van der Waals surface area contributed by atoms with Crippen molar-refractivity contribution in [3.8, 4) is 17.5 Å². The first-order chi connectivity index (χ1) is 13.5. The van der Waals surface area contributed by atoms with Gasteiger partial charge in [0.1, 0.15) is 5.82 Å². The highest BCUT2D eigenvalue weighted by atomic mass is 16.6. The number of non-ortho nitro benzene ring substituents is 1. The van der Waals surface area contributed by atoms with Crippen LogP contribution in [0.2, 0.25) is 0 Å². The number of nitro benzene ring substituents is 1. The van der Waals surface area contributed by atoms with Gasteiger partial charge in [0.25, 0.3) is 5.69 Å². The van der Waals surface area contributed by atoms with Gasteiger partial charge in [-0.05, 0) is 36.2 Å². The molecule has 0 radical (unpaired) electrons. The Kier molecular flexibility index (Phi) is 5.61. The molecule has 1 aromatic heterocycles. The summed E-state index contributed by atoms with van der Waals surface area (Å²) < 4.78 is 0. The summed E-state index contributed by atoms with van der Waals surface area (Å²) in [7, 11) is 1.93. The molecule has 0 spiro atoms. The zero-order valence-electron chi connectivity index (χ0n) is 15.7. The average Bonchev–Trinajstić information content (AvgIpc) is 2.73. The summed E-state index contributed by atoms with van der Waals surface area (Å²) in [6.45, 7) is 2.61. The average molecular weight is 373 g/mol. The van der Waals surface area contributed by atoms with Crippen LogP contribution in [0.25, 0.3) is 11.4 Å². The first-order valence-electron chi connectivity index (χ1n) is 8.83. The number of nitrogens with zero attached hydrogens (tertiary/aromatic N) is 5. The van der Waals surface area contributed by atoms with E-state index in [-0.39, 0.29) is 5.69 Å². The second-order valence-electron chi connectivity index (χ2n) is 6.37.